The molecule has 1 atom stereocenters. The Bertz CT molecular complexity index is 572. The van der Waals surface area contributed by atoms with E-state index in [0.29, 0.717) is 12.1 Å². The molecule has 0 unspecified atom stereocenters. The van der Waals surface area contributed by atoms with Crippen LogP contribution >= 0.6 is 0 Å². The molecular formula is C15H16FNO2. The van der Waals surface area contributed by atoms with Crippen LogP contribution in [0.25, 0.3) is 0 Å². The molecule has 0 radical (unpaired) electrons. The van der Waals surface area contributed by atoms with Gasteiger partial charge in [-0.05, 0) is 30.7 Å². The summed E-state index contributed by atoms with van der Waals surface area (Å²) >= 11 is 0. The van der Waals surface area contributed by atoms with Crippen molar-refractivity contribution in [3.8, 4) is 11.5 Å². The summed E-state index contributed by atoms with van der Waals surface area (Å²) in [7, 11) is 0. The predicted octanol–water partition coefficient (Wildman–Crippen LogP) is 3.09. The molecule has 0 aliphatic carbocycles. The molecule has 0 amide bonds. The van der Waals surface area contributed by atoms with Gasteiger partial charge in [-0.2, -0.15) is 0 Å². The minimum Gasteiger partial charge on any atom is -0.504 e. The normalized spacial score (nSPS) is 12.3. The summed E-state index contributed by atoms with van der Waals surface area (Å²) in [6, 6.07) is 11.1. The molecule has 2 aromatic carbocycles. The number of benzene rings is 2. The van der Waals surface area contributed by atoms with Crippen LogP contribution in [0.2, 0.25) is 0 Å². The summed E-state index contributed by atoms with van der Waals surface area (Å²) in [4.78, 5) is 0. The molecular weight excluding hydrogens is 245 g/mol. The Labute approximate surface area is 111 Å². The first-order valence-corrected chi connectivity index (χ1v) is 6.06. The van der Waals surface area contributed by atoms with Crippen molar-refractivity contribution in [2.24, 2.45) is 0 Å². The molecule has 4 heteroatoms. The Kier molecular flexibility index (Phi) is 4.02. The lowest BCUT2D eigenvalue weighted by Gasteiger charge is -2.15. The monoisotopic (exact) mass is 261 g/mol. The number of nitrogens with one attached hydrogen (secondary N) is 1. The molecule has 19 heavy (non-hydrogen) atoms. The maximum Gasteiger partial charge on any atom is 0.161 e. The molecule has 0 aliphatic rings. The fourth-order valence-electron chi connectivity index (χ4n) is 1.88. The van der Waals surface area contributed by atoms with E-state index in [1.54, 1.807) is 18.2 Å². The van der Waals surface area contributed by atoms with Crippen LogP contribution in [-0.2, 0) is 6.54 Å². The van der Waals surface area contributed by atoms with E-state index in [-0.39, 0.29) is 23.4 Å². The molecule has 3 nitrogen and oxygen atoms in total. The van der Waals surface area contributed by atoms with Crippen molar-refractivity contribution >= 4 is 0 Å². The number of hydrogen-bond acceptors (Lipinski definition) is 3. The summed E-state index contributed by atoms with van der Waals surface area (Å²) in [5, 5.41) is 22.2. The van der Waals surface area contributed by atoms with Gasteiger partial charge in [0.25, 0.3) is 0 Å². The van der Waals surface area contributed by atoms with E-state index in [9.17, 15) is 14.6 Å². The Morgan fingerprint density at radius 1 is 1.16 bits per heavy atom. The highest BCUT2D eigenvalue weighted by Gasteiger charge is 2.09. The molecule has 3 N–H and O–H groups in total. The fourth-order valence-corrected chi connectivity index (χ4v) is 1.88. The Hall–Kier alpha value is -2.07. The van der Waals surface area contributed by atoms with Crippen molar-refractivity contribution in [3.05, 3.63) is 59.4 Å². The first-order chi connectivity index (χ1) is 9.08. The average Bonchev–Trinajstić information content (AvgIpc) is 2.40. The maximum atomic E-state index is 13.1. The maximum absolute atomic E-state index is 13.1. The standard InChI is InChI=1S/C15H16FNO2/c1-10(11-4-2-6-13(16)8-11)17-9-12-5-3-7-14(18)15(12)19/h2-8,10,17-19H,9H2,1H3/t10-/m0/s1. The van der Waals surface area contributed by atoms with Crippen LogP contribution in [0.3, 0.4) is 0 Å². The van der Waals surface area contributed by atoms with Crippen LogP contribution < -0.4 is 5.32 Å². The Morgan fingerprint density at radius 2 is 1.89 bits per heavy atom. The molecule has 0 spiro atoms. The zero-order valence-electron chi connectivity index (χ0n) is 10.6. The van der Waals surface area contributed by atoms with Crippen molar-refractivity contribution < 1.29 is 14.6 Å². The lowest BCUT2D eigenvalue weighted by Crippen LogP contribution is -2.18. The highest BCUT2D eigenvalue weighted by Crippen LogP contribution is 2.28. The van der Waals surface area contributed by atoms with Gasteiger partial charge in [0.2, 0.25) is 0 Å². The van der Waals surface area contributed by atoms with E-state index in [1.807, 2.05) is 13.0 Å². The largest absolute Gasteiger partial charge is 0.504 e. The van der Waals surface area contributed by atoms with E-state index in [2.05, 4.69) is 5.32 Å². The van der Waals surface area contributed by atoms with Crippen LogP contribution in [-0.4, -0.2) is 10.2 Å². The highest BCUT2D eigenvalue weighted by atomic mass is 19.1. The van der Waals surface area contributed by atoms with Crippen molar-refractivity contribution in [3.63, 3.8) is 0 Å². The van der Waals surface area contributed by atoms with Gasteiger partial charge in [-0.1, -0.05) is 24.3 Å². The van der Waals surface area contributed by atoms with E-state index < -0.39 is 0 Å². The van der Waals surface area contributed by atoms with Gasteiger partial charge in [-0.25, -0.2) is 4.39 Å². The first-order valence-electron chi connectivity index (χ1n) is 6.06. The number of para-hydroxylation sites is 1. The minimum atomic E-state index is -0.272. The molecule has 2 aromatic rings. The summed E-state index contributed by atoms with van der Waals surface area (Å²) in [6.07, 6.45) is 0. The summed E-state index contributed by atoms with van der Waals surface area (Å²) in [5.74, 6) is -0.537. The Morgan fingerprint density at radius 3 is 2.63 bits per heavy atom. The first kappa shape index (κ1) is 13.4. The van der Waals surface area contributed by atoms with Crippen LogP contribution in [0.1, 0.15) is 24.1 Å². The molecule has 0 saturated carbocycles. The lowest BCUT2D eigenvalue weighted by molar-refractivity contribution is 0.396. The van der Waals surface area contributed by atoms with Crippen LogP contribution in [0.4, 0.5) is 4.39 Å². The Balaban J connectivity index is 2.04. The van der Waals surface area contributed by atoms with Gasteiger partial charge in [0.05, 0.1) is 0 Å². The minimum absolute atomic E-state index is 0.0579. The highest BCUT2D eigenvalue weighted by molar-refractivity contribution is 5.44. The molecule has 0 fully saturated rings. The van der Waals surface area contributed by atoms with E-state index in [4.69, 9.17) is 0 Å². The van der Waals surface area contributed by atoms with Gasteiger partial charge < -0.3 is 15.5 Å². The van der Waals surface area contributed by atoms with Gasteiger partial charge in [-0.15, -0.1) is 0 Å². The van der Waals surface area contributed by atoms with Gasteiger partial charge in [-0.3, -0.25) is 0 Å². The number of rotatable bonds is 4. The van der Waals surface area contributed by atoms with E-state index in [1.165, 1.54) is 18.2 Å². The zero-order chi connectivity index (χ0) is 13.8. The molecule has 0 saturated heterocycles. The third-order valence-corrected chi connectivity index (χ3v) is 3.05. The third-order valence-electron chi connectivity index (χ3n) is 3.05. The second kappa shape index (κ2) is 5.71. The van der Waals surface area contributed by atoms with E-state index >= 15 is 0 Å². The second-order valence-corrected chi connectivity index (χ2v) is 4.44. The van der Waals surface area contributed by atoms with Gasteiger partial charge in [0, 0.05) is 18.2 Å². The predicted molar refractivity (Wildman–Crippen MR) is 71.4 cm³/mol. The van der Waals surface area contributed by atoms with E-state index in [0.717, 1.165) is 5.56 Å². The molecule has 2 rings (SSSR count). The zero-order valence-corrected chi connectivity index (χ0v) is 10.6. The number of aromatic hydroxyl groups is 2. The number of phenols is 2. The summed E-state index contributed by atoms with van der Waals surface area (Å²) in [6.45, 7) is 2.30. The molecule has 0 aromatic heterocycles. The number of halogens is 1. The lowest BCUT2D eigenvalue weighted by atomic mass is 10.1. The molecule has 0 heterocycles. The fraction of sp³-hybridized carbons (Fsp3) is 0.200. The average molecular weight is 261 g/mol. The van der Waals surface area contributed by atoms with Crippen molar-refractivity contribution in [2.75, 3.05) is 0 Å². The molecule has 100 valence electrons. The van der Waals surface area contributed by atoms with Gasteiger partial charge >= 0.3 is 0 Å². The smallest absolute Gasteiger partial charge is 0.161 e. The number of hydrogen-bond donors (Lipinski definition) is 3. The quantitative estimate of drug-likeness (QED) is 0.741. The SMILES string of the molecule is C[C@H](NCc1cccc(O)c1O)c1cccc(F)c1. The van der Waals surface area contributed by atoms with Crippen molar-refractivity contribution in [2.45, 2.75) is 19.5 Å². The molecule has 0 aliphatic heterocycles. The topological polar surface area (TPSA) is 52.5 Å². The van der Waals surface area contributed by atoms with Crippen molar-refractivity contribution in [1.82, 2.24) is 5.32 Å². The van der Waals surface area contributed by atoms with Crippen LogP contribution in [0.5, 0.6) is 11.5 Å². The van der Waals surface area contributed by atoms with Crippen LogP contribution in [0, 0.1) is 5.82 Å². The summed E-state index contributed by atoms with van der Waals surface area (Å²) < 4.78 is 13.1. The third kappa shape index (κ3) is 3.23. The van der Waals surface area contributed by atoms with Gasteiger partial charge in [0.1, 0.15) is 5.82 Å². The summed E-state index contributed by atoms with van der Waals surface area (Å²) in [5.41, 5.74) is 1.43. The number of phenolic OH excluding ortho intramolecular Hbond substituents is 2. The molecule has 0 bridgehead atoms. The van der Waals surface area contributed by atoms with Gasteiger partial charge in [0.15, 0.2) is 11.5 Å². The van der Waals surface area contributed by atoms with Crippen LogP contribution in [0.15, 0.2) is 42.5 Å². The second-order valence-electron chi connectivity index (χ2n) is 4.44. The van der Waals surface area contributed by atoms with Crippen molar-refractivity contribution in [1.29, 1.82) is 0 Å².